The third-order valence-electron chi connectivity index (χ3n) is 10.8. The van der Waals surface area contributed by atoms with Crippen molar-refractivity contribution in [3.05, 3.63) is 188 Å². The van der Waals surface area contributed by atoms with Gasteiger partial charge in [0, 0.05) is 16.8 Å². The average Bonchev–Trinajstić information content (AvgIpc) is 3.22. The Labute approximate surface area is 301 Å². The van der Waals surface area contributed by atoms with E-state index in [4.69, 9.17) is 0 Å². The van der Waals surface area contributed by atoms with Crippen LogP contribution in [-0.4, -0.2) is 0 Å². The van der Waals surface area contributed by atoms with Crippen molar-refractivity contribution in [3.63, 3.8) is 0 Å². The lowest BCUT2D eigenvalue weighted by Crippen LogP contribution is -2.13. The van der Waals surface area contributed by atoms with Gasteiger partial charge in [-0.1, -0.05) is 171 Å². The lowest BCUT2D eigenvalue weighted by atomic mass is 9.80. The second-order valence-corrected chi connectivity index (χ2v) is 13.9. The molecule has 0 unspecified atom stereocenters. The van der Waals surface area contributed by atoms with E-state index in [-0.39, 0.29) is 0 Å². The Morgan fingerprint density at radius 3 is 1.80 bits per heavy atom. The van der Waals surface area contributed by atoms with Crippen LogP contribution in [0.3, 0.4) is 0 Å². The standard InChI is InChI=1S/C50H41N/c1-4-16-36(17-5-1)42-31-33-49(47(35-42)39-21-8-3-9-22-39)51(43-32-30-37-18-10-11-23-41(37)34-43)48-29-13-12-26-45(48)46-28-15-25-40-24-14-27-44(50(40)46)38-19-6-2-7-20-38/h1,3-5,8-18,21-35,38H,2,6-7,19-20H2. The Morgan fingerprint density at radius 2 is 1.00 bits per heavy atom. The smallest absolute Gasteiger partial charge is 0.0540 e. The number of para-hydroxylation sites is 1. The zero-order valence-electron chi connectivity index (χ0n) is 28.9. The number of hydrogen-bond acceptors (Lipinski definition) is 1. The Balaban J connectivity index is 1.32. The molecule has 0 aromatic heterocycles. The van der Waals surface area contributed by atoms with Crippen molar-refractivity contribution < 1.29 is 0 Å². The van der Waals surface area contributed by atoms with Crippen molar-refractivity contribution in [2.75, 3.05) is 4.90 Å². The van der Waals surface area contributed by atoms with E-state index in [9.17, 15) is 0 Å². The molecule has 0 radical (unpaired) electrons. The van der Waals surface area contributed by atoms with E-state index in [2.05, 4.69) is 187 Å². The van der Waals surface area contributed by atoms with Gasteiger partial charge >= 0.3 is 0 Å². The van der Waals surface area contributed by atoms with E-state index in [1.54, 1.807) is 0 Å². The van der Waals surface area contributed by atoms with Gasteiger partial charge in [-0.3, -0.25) is 0 Å². The maximum atomic E-state index is 2.50. The van der Waals surface area contributed by atoms with Crippen molar-refractivity contribution in [1.29, 1.82) is 0 Å². The van der Waals surface area contributed by atoms with Gasteiger partial charge in [-0.05, 0) is 98.5 Å². The first kappa shape index (κ1) is 31.1. The molecule has 1 fully saturated rings. The Kier molecular flexibility index (Phi) is 8.39. The molecule has 0 heterocycles. The third kappa shape index (κ3) is 6.00. The lowest BCUT2D eigenvalue weighted by molar-refractivity contribution is 0.445. The monoisotopic (exact) mass is 655 g/mol. The van der Waals surface area contributed by atoms with Crippen molar-refractivity contribution in [3.8, 4) is 33.4 Å². The number of benzene rings is 8. The molecule has 1 saturated carbocycles. The van der Waals surface area contributed by atoms with E-state index in [0.717, 1.165) is 11.4 Å². The molecule has 51 heavy (non-hydrogen) atoms. The summed E-state index contributed by atoms with van der Waals surface area (Å²) in [5.74, 6) is 0.600. The molecule has 246 valence electrons. The number of fused-ring (bicyclic) bond motifs is 2. The average molecular weight is 656 g/mol. The maximum absolute atomic E-state index is 2.50. The molecule has 0 bridgehead atoms. The number of rotatable bonds is 7. The van der Waals surface area contributed by atoms with Crippen molar-refractivity contribution in [2.24, 2.45) is 0 Å². The molecule has 9 rings (SSSR count). The molecular formula is C50H41N. The second-order valence-electron chi connectivity index (χ2n) is 13.9. The molecule has 0 N–H and O–H groups in total. The molecule has 0 amide bonds. The summed E-state index contributed by atoms with van der Waals surface area (Å²) in [7, 11) is 0. The molecule has 1 nitrogen and oxygen atoms in total. The summed E-state index contributed by atoms with van der Waals surface area (Å²) in [5.41, 5.74) is 12.3. The SMILES string of the molecule is c1ccc(-c2ccc(N(c3ccc4ccccc4c3)c3ccccc3-c3cccc4cccc(C5CCCCC5)c34)c(-c3ccccc3)c2)cc1. The molecule has 1 aliphatic rings. The van der Waals surface area contributed by atoms with E-state index >= 15 is 0 Å². The quantitative estimate of drug-likeness (QED) is 0.165. The van der Waals surface area contributed by atoms with Crippen LogP contribution in [-0.2, 0) is 0 Å². The van der Waals surface area contributed by atoms with Crippen LogP contribution in [0, 0.1) is 0 Å². The van der Waals surface area contributed by atoms with Crippen LogP contribution >= 0.6 is 0 Å². The van der Waals surface area contributed by atoms with Crippen LogP contribution in [0.5, 0.6) is 0 Å². The highest BCUT2D eigenvalue weighted by atomic mass is 15.1. The summed E-state index contributed by atoms with van der Waals surface area (Å²) in [5, 5.41) is 5.19. The number of anilines is 3. The minimum atomic E-state index is 0.600. The van der Waals surface area contributed by atoms with Crippen LogP contribution in [0.15, 0.2) is 182 Å². The number of nitrogens with zero attached hydrogens (tertiary/aromatic N) is 1. The second kappa shape index (κ2) is 13.8. The summed E-state index contributed by atoms with van der Waals surface area (Å²) in [6.45, 7) is 0. The summed E-state index contributed by atoms with van der Waals surface area (Å²) >= 11 is 0. The van der Waals surface area contributed by atoms with Gasteiger partial charge in [-0.25, -0.2) is 0 Å². The van der Waals surface area contributed by atoms with Gasteiger partial charge in [0.1, 0.15) is 0 Å². The highest BCUT2D eigenvalue weighted by molar-refractivity contribution is 6.04. The largest absolute Gasteiger partial charge is 0.309 e. The molecular weight excluding hydrogens is 615 g/mol. The molecule has 0 atom stereocenters. The van der Waals surface area contributed by atoms with Gasteiger partial charge in [0.05, 0.1) is 11.4 Å². The third-order valence-corrected chi connectivity index (χ3v) is 10.8. The summed E-state index contributed by atoms with van der Waals surface area (Å²) in [6.07, 6.45) is 6.52. The molecule has 0 spiro atoms. The first-order valence-corrected chi connectivity index (χ1v) is 18.5. The Hall–Kier alpha value is -5.92. The summed E-state index contributed by atoms with van der Waals surface area (Å²) < 4.78 is 0. The maximum Gasteiger partial charge on any atom is 0.0540 e. The van der Waals surface area contributed by atoms with Gasteiger partial charge < -0.3 is 4.90 Å². The van der Waals surface area contributed by atoms with E-state index < -0.39 is 0 Å². The predicted octanol–water partition coefficient (Wildman–Crippen LogP) is 14.5. The first-order valence-electron chi connectivity index (χ1n) is 18.5. The fourth-order valence-electron chi connectivity index (χ4n) is 8.36. The van der Waals surface area contributed by atoms with Crippen molar-refractivity contribution >= 4 is 38.6 Å². The highest BCUT2D eigenvalue weighted by Crippen LogP contribution is 2.48. The minimum absolute atomic E-state index is 0.600. The highest BCUT2D eigenvalue weighted by Gasteiger charge is 2.24. The van der Waals surface area contributed by atoms with Gasteiger partial charge in [0.2, 0.25) is 0 Å². The van der Waals surface area contributed by atoms with Crippen LogP contribution in [0.1, 0.15) is 43.6 Å². The Bertz CT molecular complexity index is 2450. The molecule has 8 aromatic rings. The Morgan fingerprint density at radius 1 is 0.373 bits per heavy atom. The predicted molar refractivity (Wildman–Crippen MR) is 218 cm³/mol. The lowest BCUT2D eigenvalue weighted by Gasteiger charge is -2.31. The fourth-order valence-corrected chi connectivity index (χ4v) is 8.36. The number of hydrogen-bond donors (Lipinski definition) is 0. The fraction of sp³-hybridized carbons (Fsp3) is 0.120. The summed E-state index contributed by atoms with van der Waals surface area (Å²) in [6, 6.07) is 67.0. The normalized spacial score (nSPS) is 13.4. The first-order chi connectivity index (χ1) is 25.3. The molecule has 1 aliphatic carbocycles. The van der Waals surface area contributed by atoms with E-state index in [0.29, 0.717) is 5.92 Å². The van der Waals surface area contributed by atoms with Crippen LogP contribution < -0.4 is 4.90 Å². The van der Waals surface area contributed by atoms with Gasteiger partial charge in [-0.2, -0.15) is 0 Å². The molecule has 8 aromatic carbocycles. The summed E-state index contributed by atoms with van der Waals surface area (Å²) in [4.78, 5) is 2.50. The van der Waals surface area contributed by atoms with E-state index in [1.807, 2.05) is 0 Å². The molecule has 0 saturated heterocycles. The van der Waals surface area contributed by atoms with E-state index in [1.165, 1.54) is 98.3 Å². The van der Waals surface area contributed by atoms with Crippen LogP contribution in [0.25, 0.3) is 54.9 Å². The topological polar surface area (TPSA) is 3.24 Å². The van der Waals surface area contributed by atoms with Gasteiger partial charge in [-0.15, -0.1) is 0 Å². The van der Waals surface area contributed by atoms with Gasteiger partial charge in [0.25, 0.3) is 0 Å². The van der Waals surface area contributed by atoms with Crippen LogP contribution in [0.4, 0.5) is 17.1 Å². The molecule has 1 heteroatoms. The van der Waals surface area contributed by atoms with Crippen LogP contribution in [0.2, 0.25) is 0 Å². The zero-order valence-corrected chi connectivity index (χ0v) is 28.9. The molecule has 0 aliphatic heterocycles. The van der Waals surface area contributed by atoms with Gasteiger partial charge in [0.15, 0.2) is 0 Å². The van der Waals surface area contributed by atoms with Crippen molar-refractivity contribution in [1.82, 2.24) is 0 Å². The zero-order chi connectivity index (χ0) is 34.0. The minimum Gasteiger partial charge on any atom is -0.309 e. The van der Waals surface area contributed by atoms with Crippen molar-refractivity contribution in [2.45, 2.75) is 38.0 Å².